The molecule has 7 nitrogen and oxygen atoms in total. The number of hydrogen-bond donors (Lipinski definition) is 1. The number of anilines is 1. The van der Waals surface area contributed by atoms with Crippen molar-refractivity contribution in [3.05, 3.63) is 30.4 Å². The summed E-state index contributed by atoms with van der Waals surface area (Å²) < 4.78 is 13.0. The predicted molar refractivity (Wildman–Crippen MR) is 95.0 cm³/mol. The van der Waals surface area contributed by atoms with Crippen LogP contribution in [0.1, 0.15) is 32.0 Å². The zero-order valence-corrected chi connectivity index (χ0v) is 14.6. The molecule has 0 saturated carbocycles. The van der Waals surface area contributed by atoms with Gasteiger partial charge in [0.15, 0.2) is 11.5 Å². The van der Waals surface area contributed by atoms with Crippen LogP contribution in [0.25, 0.3) is 0 Å². The van der Waals surface area contributed by atoms with E-state index in [0.717, 1.165) is 62.8 Å². The largest absolute Gasteiger partial charge is 0.454 e. The summed E-state index contributed by atoms with van der Waals surface area (Å²) in [6, 6.07) is 6.73. The molecule has 1 N–H and O–H groups in total. The topological polar surface area (TPSA) is 64.4 Å². The van der Waals surface area contributed by atoms with Crippen molar-refractivity contribution in [2.75, 3.05) is 24.8 Å². The Morgan fingerprint density at radius 2 is 2.04 bits per heavy atom. The number of piperidine rings is 1. The van der Waals surface area contributed by atoms with Crippen molar-refractivity contribution in [2.24, 2.45) is 0 Å². The molecule has 2 aliphatic heterocycles. The zero-order valence-electron chi connectivity index (χ0n) is 14.6. The number of aryl methyl sites for hydroxylation is 1. The number of nitrogens with one attached hydrogen (secondary N) is 1. The van der Waals surface area contributed by atoms with E-state index in [1.807, 2.05) is 12.4 Å². The van der Waals surface area contributed by atoms with Gasteiger partial charge in [-0.25, -0.2) is 0 Å². The van der Waals surface area contributed by atoms with E-state index in [-0.39, 0.29) is 0 Å². The summed E-state index contributed by atoms with van der Waals surface area (Å²) in [4.78, 5) is 2.42. The molecule has 25 heavy (non-hydrogen) atoms. The lowest BCUT2D eigenvalue weighted by Crippen LogP contribution is -2.42. The van der Waals surface area contributed by atoms with Crippen molar-refractivity contribution >= 4 is 5.69 Å². The molecule has 0 atom stereocenters. The highest BCUT2D eigenvalue weighted by Gasteiger charge is 2.21. The van der Waals surface area contributed by atoms with Crippen LogP contribution in [0.4, 0.5) is 5.69 Å². The van der Waals surface area contributed by atoms with Gasteiger partial charge in [0.05, 0.1) is 6.54 Å². The van der Waals surface area contributed by atoms with Gasteiger partial charge in [0.1, 0.15) is 12.2 Å². The summed E-state index contributed by atoms with van der Waals surface area (Å²) in [5, 5.41) is 11.9. The van der Waals surface area contributed by atoms with E-state index < -0.39 is 0 Å². The van der Waals surface area contributed by atoms with E-state index in [1.54, 1.807) is 0 Å². The molecule has 0 spiro atoms. The predicted octanol–water partition coefficient (Wildman–Crippen LogP) is 2.18. The number of nitrogens with zero attached hydrogens (tertiary/aromatic N) is 4. The SMILES string of the molecule is CCCn1cnnc1CNC1CCN(c2ccc3c(c2)OCO3)CC1. The first-order valence-electron chi connectivity index (χ1n) is 9.08. The van der Waals surface area contributed by atoms with Gasteiger partial charge < -0.3 is 24.3 Å². The summed E-state index contributed by atoms with van der Waals surface area (Å²) >= 11 is 0. The highest BCUT2D eigenvalue weighted by molar-refractivity contribution is 5.57. The Labute approximate surface area is 147 Å². The maximum absolute atomic E-state index is 5.49. The third kappa shape index (κ3) is 3.56. The highest BCUT2D eigenvalue weighted by atomic mass is 16.7. The standard InChI is InChI=1S/C18H25N5O2/c1-2-7-23-12-20-21-18(23)11-19-14-5-8-22(9-6-14)15-3-4-16-17(10-15)25-13-24-16/h3-4,10,12,14,19H,2,5-9,11,13H2,1H3. The molecule has 2 aliphatic rings. The minimum atomic E-state index is 0.327. The van der Waals surface area contributed by atoms with E-state index in [2.05, 4.69) is 44.0 Å². The van der Waals surface area contributed by atoms with Crippen LogP contribution in [0.3, 0.4) is 0 Å². The minimum absolute atomic E-state index is 0.327. The molecule has 0 bridgehead atoms. The molecular formula is C18H25N5O2. The van der Waals surface area contributed by atoms with Crippen LogP contribution in [0.2, 0.25) is 0 Å². The summed E-state index contributed by atoms with van der Waals surface area (Å²) in [6.07, 6.45) is 5.16. The summed E-state index contributed by atoms with van der Waals surface area (Å²) in [6.45, 7) is 6.34. The van der Waals surface area contributed by atoms with Crippen molar-refractivity contribution < 1.29 is 9.47 Å². The normalized spacial score (nSPS) is 17.2. The Kier molecular flexibility index (Phi) is 4.74. The molecule has 1 aromatic heterocycles. The Morgan fingerprint density at radius 1 is 1.20 bits per heavy atom. The van der Waals surface area contributed by atoms with Gasteiger partial charge in [0.25, 0.3) is 0 Å². The number of ether oxygens (including phenoxy) is 2. The van der Waals surface area contributed by atoms with Gasteiger partial charge in [0, 0.05) is 37.4 Å². The molecule has 0 radical (unpaired) electrons. The van der Waals surface area contributed by atoms with Crippen molar-refractivity contribution in [1.82, 2.24) is 20.1 Å². The van der Waals surface area contributed by atoms with Crippen LogP contribution in [-0.2, 0) is 13.1 Å². The number of rotatable bonds is 6. The Hall–Kier alpha value is -2.28. The van der Waals surface area contributed by atoms with Crippen LogP contribution in [0.5, 0.6) is 11.5 Å². The molecule has 4 rings (SSSR count). The lowest BCUT2D eigenvalue weighted by molar-refractivity contribution is 0.174. The smallest absolute Gasteiger partial charge is 0.231 e. The minimum Gasteiger partial charge on any atom is -0.454 e. The van der Waals surface area contributed by atoms with Crippen molar-refractivity contribution in [1.29, 1.82) is 0 Å². The molecule has 0 unspecified atom stereocenters. The van der Waals surface area contributed by atoms with Crippen LogP contribution in [0, 0.1) is 0 Å². The highest BCUT2D eigenvalue weighted by Crippen LogP contribution is 2.36. The first-order valence-corrected chi connectivity index (χ1v) is 9.08. The lowest BCUT2D eigenvalue weighted by atomic mass is 10.0. The van der Waals surface area contributed by atoms with Gasteiger partial charge in [0.2, 0.25) is 6.79 Å². The molecule has 3 heterocycles. The molecule has 2 aromatic rings. The quantitative estimate of drug-likeness (QED) is 0.867. The fourth-order valence-corrected chi connectivity index (χ4v) is 3.50. The van der Waals surface area contributed by atoms with Crippen LogP contribution < -0.4 is 19.7 Å². The van der Waals surface area contributed by atoms with Crippen LogP contribution in [-0.4, -0.2) is 40.7 Å². The van der Waals surface area contributed by atoms with E-state index in [1.165, 1.54) is 5.69 Å². The molecule has 134 valence electrons. The third-order valence-corrected chi connectivity index (χ3v) is 4.93. The molecule has 1 aromatic carbocycles. The second kappa shape index (κ2) is 7.31. The molecule has 1 saturated heterocycles. The number of fused-ring (bicyclic) bond motifs is 1. The fraction of sp³-hybridized carbons (Fsp3) is 0.556. The van der Waals surface area contributed by atoms with E-state index >= 15 is 0 Å². The number of benzene rings is 1. The van der Waals surface area contributed by atoms with Crippen molar-refractivity contribution in [2.45, 2.75) is 45.3 Å². The monoisotopic (exact) mass is 343 g/mol. The molecule has 0 aliphatic carbocycles. The first kappa shape index (κ1) is 16.2. The van der Waals surface area contributed by atoms with Gasteiger partial charge in [-0.05, 0) is 31.4 Å². The van der Waals surface area contributed by atoms with Gasteiger partial charge in [-0.15, -0.1) is 10.2 Å². The van der Waals surface area contributed by atoms with Gasteiger partial charge in [-0.1, -0.05) is 6.92 Å². The van der Waals surface area contributed by atoms with Crippen LogP contribution >= 0.6 is 0 Å². The van der Waals surface area contributed by atoms with Crippen molar-refractivity contribution in [3.8, 4) is 11.5 Å². The van der Waals surface area contributed by atoms with Crippen LogP contribution in [0.15, 0.2) is 24.5 Å². The van der Waals surface area contributed by atoms with E-state index in [9.17, 15) is 0 Å². The summed E-state index contributed by atoms with van der Waals surface area (Å²) in [7, 11) is 0. The maximum Gasteiger partial charge on any atom is 0.231 e. The first-order chi connectivity index (χ1) is 12.3. The summed E-state index contributed by atoms with van der Waals surface area (Å²) in [5.41, 5.74) is 1.21. The van der Waals surface area contributed by atoms with Gasteiger partial charge >= 0.3 is 0 Å². The van der Waals surface area contributed by atoms with E-state index in [0.29, 0.717) is 12.8 Å². The van der Waals surface area contributed by atoms with E-state index in [4.69, 9.17) is 9.47 Å². The van der Waals surface area contributed by atoms with Gasteiger partial charge in [-0.2, -0.15) is 0 Å². The Bertz CT molecular complexity index is 709. The zero-order chi connectivity index (χ0) is 17.1. The average molecular weight is 343 g/mol. The fourth-order valence-electron chi connectivity index (χ4n) is 3.50. The second-order valence-corrected chi connectivity index (χ2v) is 6.62. The Balaban J connectivity index is 1.29. The Morgan fingerprint density at radius 3 is 2.88 bits per heavy atom. The molecule has 0 amide bonds. The lowest BCUT2D eigenvalue weighted by Gasteiger charge is -2.34. The average Bonchev–Trinajstić information content (AvgIpc) is 3.29. The molecular weight excluding hydrogens is 318 g/mol. The third-order valence-electron chi connectivity index (χ3n) is 4.93. The second-order valence-electron chi connectivity index (χ2n) is 6.62. The summed E-state index contributed by atoms with van der Waals surface area (Å²) in [5.74, 6) is 2.73. The van der Waals surface area contributed by atoms with Gasteiger partial charge in [-0.3, -0.25) is 0 Å². The number of aromatic nitrogens is 3. The number of hydrogen-bond acceptors (Lipinski definition) is 6. The maximum atomic E-state index is 5.49. The molecule has 7 heteroatoms. The van der Waals surface area contributed by atoms with Crippen molar-refractivity contribution in [3.63, 3.8) is 0 Å². The molecule has 1 fully saturated rings.